The summed E-state index contributed by atoms with van der Waals surface area (Å²) in [5, 5.41) is 3.48. The van der Waals surface area contributed by atoms with Crippen molar-refractivity contribution in [2.24, 2.45) is 0 Å². The van der Waals surface area contributed by atoms with Crippen LogP contribution in [-0.2, 0) is 6.54 Å². The van der Waals surface area contributed by atoms with Crippen LogP contribution in [0.4, 0.5) is 5.69 Å². The molecular formula is C14H16BrNS. The van der Waals surface area contributed by atoms with E-state index in [1.807, 2.05) is 11.3 Å². The van der Waals surface area contributed by atoms with Crippen molar-refractivity contribution in [2.45, 2.75) is 27.3 Å². The highest BCUT2D eigenvalue weighted by Gasteiger charge is 2.04. The summed E-state index contributed by atoms with van der Waals surface area (Å²) in [6.45, 7) is 7.33. The van der Waals surface area contributed by atoms with Gasteiger partial charge in [-0.3, -0.25) is 0 Å². The number of hydrogen-bond acceptors (Lipinski definition) is 2. The lowest BCUT2D eigenvalue weighted by atomic mass is 10.2. The van der Waals surface area contributed by atoms with Gasteiger partial charge in [0.1, 0.15) is 0 Å². The molecule has 0 radical (unpaired) electrons. The molecule has 1 heterocycles. The Hall–Kier alpha value is -0.800. The molecule has 0 saturated heterocycles. The van der Waals surface area contributed by atoms with Crippen LogP contribution in [0.5, 0.6) is 0 Å². The highest BCUT2D eigenvalue weighted by molar-refractivity contribution is 9.10. The smallest absolute Gasteiger partial charge is 0.0489 e. The van der Waals surface area contributed by atoms with Crippen LogP contribution in [0.3, 0.4) is 0 Å². The third kappa shape index (κ3) is 3.11. The molecule has 0 aliphatic rings. The molecule has 2 rings (SSSR count). The fourth-order valence-corrected chi connectivity index (χ4v) is 3.16. The second-order valence-electron chi connectivity index (χ2n) is 4.28. The van der Waals surface area contributed by atoms with Gasteiger partial charge in [-0.05, 0) is 66.0 Å². The maximum atomic E-state index is 3.57. The molecule has 17 heavy (non-hydrogen) atoms. The van der Waals surface area contributed by atoms with Crippen molar-refractivity contribution >= 4 is 33.0 Å². The van der Waals surface area contributed by atoms with Crippen LogP contribution in [0, 0.1) is 20.8 Å². The van der Waals surface area contributed by atoms with Crippen molar-refractivity contribution in [2.75, 3.05) is 5.32 Å². The Labute approximate surface area is 115 Å². The number of thiophene rings is 1. The fourth-order valence-electron chi connectivity index (χ4n) is 1.82. The lowest BCUT2D eigenvalue weighted by molar-refractivity contribution is 1.13. The average Bonchev–Trinajstić information content (AvgIpc) is 2.59. The predicted molar refractivity (Wildman–Crippen MR) is 80.0 cm³/mol. The molecule has 90 valence electrons. The van der Waals surface area contributed by atoms with E-state index >= 15 is 0 Å². The number of aryl methyl sites for hydroxylation is 3. The minimum Gasteiger partial charge on any atom is -0.380 e. The topological polar surface area (TPSA) is 12.0 Å². The molecule has 0 spiro atoms. The monoisotopic (exact) mass is 309 g/mol. The third-order valence-corrected chi connectivity index (χ3v) is 4.43. The summed E-state index contributed by atoms with van der Waals surface area (Å²) >= 11 is 5.43. The van der Waals surface area contributed by atoms with Crippen molar-refractivity contribution in [3.63, 3.8) is 0 Å². The first-order valence-corrected chi connectivity index (χ1v) is 7.23. The zero-order valence-corrected chi connectivity index (χ0v) is 12.7. The van der Waals surface area contributed by atoms with E-state index in [4.69, 9.17) is 0 Å². The first kappa shape index (κ1) is 12.7. The number of anilines is 1. The van der Waals surface area contributed by atoms with Gasteiger partial charge in [-0.2, -0.15) is 0 Å². The number of nitrogens with one attached hydrogen (secondary N) is 1. The Morgan fingerprint density at radius 1 is 1.18 bits per heavy atom. The van der Waals surface area contributed by atoms with Crippen molar-refractivity contribution in [1.29, 1.82) is 0 Å². The van der Waals surface area contributed by atoms with Gasteiger partial charge in [-0.1, -0.05) is 6.07 Å². The van der Waals surface area contributed by atoms with Crippen LogP contribution in [-0.4, -0.2) is 0 Å². The molecule has 1 aromatic heterocycles. The summed E-state index contributed by atoms with van der Waals surface area (Å²) in [5.41, 5.74) is 3.82. The van der Waals surface area contributed by atoms with E-state index in [2.05, 4.69) is 66.3 Å². The van der Waals surface area contributed by atoms with Gasteiger partial charge in [0.2, 0.25) is 0 Å². The summed E-state index contributed by atoms with van der Waals surface area (Å²) < 4.78 is 1.12. The SMILES string of the molecule is Cc1ccc(Br)c(NCc2cc(C)sc2C)c1. The highest BCUT2D eigenvalue weighted by Crippen LogP contribution is 2.26. The molecule has 1 N–H and O–H groups in total. The second kappa shape index (κ2) is 5.23. The van der Waals surface area contributed by atoms with Gasteiger partial charge in [0, 0.05) is 26.5 Å². The minimum atomic E-state index is 0.887. The molecule has 0 bridgehead atoms. The van der Waals surface area contributed by atoms with E-state index in [1.54, 1.807) is 0 Å². The fraction of sp³-hybridized carbons (Fsp3) is 0.286. The second-order valence-corrected chi connectivity index (χ2v) is 6.59. The number of halogens is 1. The Morgan fingerprint density at radius 2 is 1.94 bits per heavy atom. The summed E-state index contributed by atoms with van der Waals surface area (Å²) in [6, 6.07) is 8.62. The van der Waals surface area contributed by atoms with E-state index in [9.17, 15) is 0 Å². The van der Waals surface area contributed by atoms with Crippen LogP contribution in [0.1, 0.15) is 20.9 Å². The summed E-state index contributed by atoms with van der Waals surface area (Å²) in [5.74, 6) is 0. The van der Waals surface area contributed by atoms with Gasteiger partial charge in [0.25, 0.3) is 0 Å². The largest absolute Gasteiger partial charge is 0.380 e. The molecule has 0 aliphatic heterocycles. The van der Waals surface area contributed by atoms with E-state index < -0.39 is 0 Å². The Morgan fingerprint density at radius 3 is 2.59 bits per heavy atom. The van der Waals surface area contributed by atoms with Gasteiger partial charge in [-0.15, -0.1) is 11.3 Å². The minimum absolute atomic E-state index is 0.887. The molecule has 0 atom stereocenters. The van der Waals surface area contributed by atoms with Crippen molar-refractivity contribution in [1.82, 2.24) is 0 Å². The third-order valence-electron chi connectivity index (χ3n) is 2.73. The Kier molecular flexibility index (Phi) is 3.89. The van der Waals surface area contributed by atoms with Crippen LogP contribution in [0.15, 0.2) is 28.7 Å². The van der Waals surface area contributed by atoms with Crippen LogP contribution in [0.25, 0.3) is 0 Å². The van der Waals surface area contributed by atoms with Crippen molar-refractivity contribution in [3.8, 4) is 0 Å². The maximum absolute atomic E-state index is 3.57. The molecule has 0 unspecified atom stereocenters. The highest BCUT2D eigenvalue weighted by atomic mass is 79.9. The summed E-state index contributed by atoms with van der Waals surface area (Å²) in [7, 11) is 0. The van der Waals surface area contributed by atoms with Gasteiger partial charge in [-0.25, -0.2) is 0 Å². The number of rotatable bonds is 3. The molecule has 0 saturated carbocycles. The van der Waals surface area contributed by atoms with Crippen molar-refractivity contribution < 1.29 is 0 Å². The van der Waals surface area contributed by atoms with Gasteiger partial charge in [0.15, 0.2) is 0 Å². The zero-order chi connectivity index (χ0) is 12.4. The van der Waals surface area contributed by atoms with Crippen LogP contribution >= 0.6 is 27.3 Å². The zero-order valence-electron chi connectivity index (χ0n) is 10.3. The predicted octanol–water partition coefficient (Wildman–Crippen LogP) is 5.05. The summed E-state index contributed by atoms with van der Waals surface area (Å²) in [4.78, 5) is 2.78. The van der Waals surface area contributed by atoms with E-state index in [1.165, 1.54) is 20.9 Å². The van der Waals surface area contributed by atoms with Gasteiger partial charge in [0.05, 0.1) is 0 Å². The van der Waals surface area contributed by atoms with Crippen LogP contribution in [0.2, 0.25) is 0 Å². The normalized spacial score (nSPS) is 10.6. The number of hydrogen-bond donors (Lipinski definition) is 1. The standard InChI is InChI=1S/C14H16BrNS/c1-9-4-5-13(15)14(6-9)16-8-12-7-10(2)17-11(12)3/h4-7,16H,8H2,1-3H3. The molecular weight excluding hydrogens is 294 g/mol. The number of benzene rings is 1. The Bertz CT molecular complexity index is 531. The first-order valence-electron chi connectivity index (χ1n) is 5.62. The van der Waals surface area contributed by atoms with Gasteiger partial charge >= 0.3 is 0 Å². The molecule has 0 fully saturated rings. The quantitative estimate of drug-likeness (QED) is 0.836. The van der Waals surface area contributed by atoms with Crippen LogP contribution < -0.4 is 5.32 Å². The molecule has 1 aromatic carbocycles. The van der Waals surface area contributed by atoms with E-state index in [0.717, 1.165) is 16.7 Å². The maximum Gasteiger partial charge on any atom is 0.0489 e. The average molecular weight is 310 g/mol. The van der Waals surface area contributed by atoms with Gasteiger partial charge < -0.3 is 5.32 Å². The molecule has 0 aliphatic carbocycles. The first-order chi connectivity index (χ1) is 8.06. The lowest BCUT2D eigenvalue weighted by Gasteiger charge is -2.09. The van der Waals surface area contributed by atoms with E-state index in [0.29, 0.717) is 0 Å². The molecule has 1 nitrogen and oxygen atoms in total. The molecule has 2 aromatic rings. The molecule has 3 heteroatoms. The van der Waals surface area contributed by atoms with Crippen molar-refractivity contribution in [3.05, 3.63) is 49.6 Å². The Balaban J connectivity index is 2.12. The summed E-state index contributed by atoms with van der Waals surface area (Å²) in [6.07, 6.45) is 0. The lowest BCUT2D eigenvalue weighted by Crippen LogP contribution is -2.00. The van der Waals surface area contributed by atoms with E-state index in [-0.39, 0.29) is 0 Å². The molecule has 0 amide bonds.